The van der Waals surface area contributed by atoms with Crippen LogP contribution in [0.2, 0.25) is 0 Å². The molecule has 0 saturated carbocycles. The lowest BCUT2D eigenvalue weighted by molar-refractivity contribution is -0.236. The van der Waals surface area contributed by atoms with Crippen molar-refractivity contribution in [3.8, 4) is 17.6 Å². The van der Waals surface area contributed by atoms with E-state index in [0.29, 0.717) is 6.42 Å². The molecule has 2 aliphatic heterocycles. The van der Waals surface area contributed by atoms with Crippen molar-refractivity contribution in [2.75, 3.05) is 57.8 Å². The number of aliphatic hydroxyl groups excluding tert-OH is 1. The normalized spacial score (nSPS) is 17.8. The van der Waals surface area contributed by atoms with Crippen LogP contribution in [-0.2, 0) is 13.0 Å². The predicted molar refractivity (Wildman–Crippen MR) is 139 cm³/mol. The van der Waals surface area contributed by atoms with E-state index in [1.165, 1.54) is 10.7 Å². The van der Waals surface area contributed by atoms with Crippen LogP contribution in [0.4, 0.5) is 5.95 Å². The number of aryl methyl sites for hydroxylation is 1. The molecule has 0 bridgehead atoms. The summed E-state index contributed by atoms with van der Waals surface area (Å²) in [6, 6.07) is 6.27. The number of hydrogen-bond donors (Lipinski definition) is 2. The molecule has 0 amide bonds. The fourth-order valence-electron chi connectivity index (χ4n) is 4.58. The van der Waals surface area contributed by atoms with Crippen molar-refractivity contribution in [2.24, 2.45) is 0 Å². The molecule has 4 rings (SSSR count). The van der Waals surface area contributed by atoms with E-state index < -0.39 is 0 Å². The van der Waals surface area contributed by atoms with Gasteiger partial charge in [0.25, 0.3) is 0 Å². The van der Waals surface area contributed by atoms with Crippen molar-refractivity contribution in [1.82, 2.24) is 25.0 Å². The average Bonchev–Trinajstić information content (AvgIpc) is 2.91. The SMILES string of the molecule is CCc1cnc(N2CCC(Oc3ccc(CN4CCN(N(C)O)CC4)cc3C#CCCO)CC2)nc1. The number of aromatic nitrogens is 2. The van der Waals surface area contributed by atoms with Gasteiger partial charge in [0.05, 0.1) is 12.2 Å². The minimum absolute atomic E-state index is 0.0478. The highest BCUT2D eigenvalue weighted by atomic mass is 16.5. The van der Waals surface area contributed by atoms with Gasteiger partial charge in [-0.1, -0.05) is 24.8 Å². The van der Waals surface area contributed by atoms with Crippen LogP contribution in [0.1, 0.15) is 42.9 Å². The largest absolute Gasteiger partial charge is 0.489 e. The molecule has 2 aliphatic rings. The zero-order valence-electron chi connectivity index (χ0n) is 21.4. The van der Waals surface area contributed by atoms with E-state index in [2.05, 4.69) is 50.7 Å². The number of aliphatic hydroxyl groups is 1. The Morgan fingerprint density at radius 3 is 2.42 bits per heavy atom. The lowest BCUT2D eigenvalue weighted by Gasteiger charge is -2.36. The van der Waals surface area contributed by atoms with Crippen LogP contribution in [0.5, 0.6) is 5.75 Å². The van der Waals surface area contributed by atoms with Crippen molar-refractivity contribution >= 4 is 5.95 Å². The number of hydroxylamine groups is 1. The van der Waals surface area contributed by atoms with Crippen LogP contribution >= 0.6 is 0 Å². The van der Waals surface area contributed by atoms with Crippen molar-refractivity contribution < 1.29 is 15.1 Å². The van der Waals surface area contributed by atoms with E-state index in [4.69, 9.17) is 4.74 Å². The number of piperidine rings is 1. The molecule has 0 spiro atoms. The Balaban J connectivity index is 1.37. The second-order valence-corrected chi connectivity index (χ2v) is 9.37. The maximum atomic E-state index is 9.63. The number of benzene rings is 1. The van der Waals surface area contributed by atoms with Crippen LogP contribution in [0, 0.1) is 11.8 Å². The predicted octanol–water partition coefficient (Wildman–Crippen LogP) is 2.17. The molecule has 3 heterocycles. The molecule has 0 radical (unpaired) electrons. The Kier molecular flexibility index (Phi) is 9.50. The molecule has 1 aromatic carbocycles. The van der Waals surface area contributed by atoms with Crippen molar-refractivity contribution in [2.45, 2.75) is 45.3 Å². The fourth-order valence-corrected chi connectivity index (χ4v) is 4.58. The molecule has 9 heteroatoms. The lowest BCUT2D eigenvalue weighted by atomic mass is 10.1. The second-order valence-electron chi connectivity index (χ2n) is 9.37. The van der Waals surface area contributed by atoms with Gasteiger partial charge in [-0.05, 0) is 29.7 Å². The summed E-state index contributed by atoms with van der Waals surface area (Å²) >= 11 is 0. The summed E-state index contributed by atoms with van der Waals surface area (Å²) in [6.45, 7) is 8.06. The quantitative estimate of drug-likeness (QED) is 0.423. The number of ether oxygens (including phenoxy) is 1. The zero-order chi connectivity index (χ0) is 25.3. The molecule has 2 N–H and O–H groups in total. The highest BCUT2D eigenvalue weighted by Gasteiger charge is 2.23. The monoisotopic (exact) mass is 494 g/mol. The third-order valence-electron chi connectivity index (χ3n) is 6.79. The Morgan fingerprint density at radius 2 is 1.78 bits per heavy atom. The Bertz CT molecular complexity index is 1020. The Hall–Kier alpha value is -2.74. The molecule has 0 atom stereocenters. The fraction of sp³-hybridized carbons (Fsp3) is 0.556. The molecule has 194 valence electrons. The maximum Gasteiger partial charge on any atom is 0.225 e. The van der Waals surface area contributed by atoms with Gasteiger partial charge in [-0.3, -0.25) is 10.1 Å². The minimum Gasteiger partial charge on any atom is -0.489 e. The number of nitrogens with zero attached hydrogens (tertiary/aromatic N) is 6. The summed E-state index contributed by atoms with van der Waals surface area (Å²) in [6.07, 6.45) is 7.11. The number of anilines is 1. The maximum absolute atomic E-state index is 9.63. The van der Waals surface area contributed by atoms with Crippen LogP contribution in [-0.4, -0.2) is 94.4 Å². The summed E-state index contributed by atoms with van der Waals surface area (Å²) < 4.78 is 6.44. The summed E-state index contributed by atoms with van der Waals surface area (Å²) in [4.78, 5) is 13.6. The van der Waals surface area contributed by atoms with Crippen LogP contribution in [0.15, 0.2) is 30.6 Å². The molecule has 36 heavy (non-hydrogen) atoms. The first-order chi connectivity index (χ1) is 17.6. The number of rotatable bonds is 8. The first-order valence-corrected chi connectivity index (χ1v) is 12.9. The number of piperazine rings is 1. The molecule has 2 aromatic rings. The van der Waals surface area contributed by atoms with Gasteiger partial charge in [-0.2, -0.15) is 0 Å². The Labute approximate surface area is 214 Å². The summed E-state index contributed by atoms with van der Waals surface area (Å²) in [7, 11) is 1.66. The van der Waals surface area contributed by atoms with E-state index in [9.17, 15) is 10.3 Å². The van der Waals surface area contributed by atoms with Gasteiger partial charge >= 0.3 is 0 Å². The number of hydrogen-bond acceptors (Lipinski definition) is 9. The van der Waals surface area contributed by atoms with Gasteiger partial charge in [0, 0.05) is 84.5 Å². The highest BCUT2D eigenvalue weighted by molar-refractivity contribution is 5.48. The molecular weight excluding hydrogens is 456 g/mol. The van der Waals surface area contributed by atoms with E-state index in [1.54, 1.807) is 7.05 Å². The van der Waals surface area contributed by atoms with Crippen molar-refractivity contribution in [3.63, 3.8) is 0 Å². The van der Waals surface area contributed by atoms with Crippen LogP contribution in [0.25, 0.3) is 0 Å². The van der Waals surface area contributed by atoms with E-state index in [-0.39, 0.29) is 12.7 Å². The van der Waals surface area contributed by atoms with Gasteiger partial charge in [0.15, 0.2) is 0 Å². The van der Waals surface area contributed by atoms with E-state index in [0.717, 1.165) is 87.9 Å². The van der Waals surface area contributed by atoms with Crippen molar-refractivity contribution in [3.05, 3.63) is 47.3 Å². The van der Waals surface area contributed by atoms with Gasteiger partial charge in [-0.25, -0.2) is 15.0 Å². The second kappa shape index (κ2) is 13.0. The van der Waals surface area contributed by atoms with Crippen LogP contribution < -0.4 is 9.64 Å². The molecule has 2 fully saturated rings. The van der Waals surface area contributed by atoms with E-state index >= 15 is 0 Å². The lowest BCUT2D eigenvalue weighted by Crippen LogP contribution is -2.51. The minimum atomic E-state index is 0.0478. The standard InChI is InChI=1S/C27H38N6O3/c1-3-22-19-28-27(29-20-22)32-11-9-25(10-12-32)36-26-8-7-23(18-24(26)6-4-5-17-34)21-31-13-15-33(16-14-31)30(2)35/h7-8,18-20,25,34-35H,3,5,9-17,21H2,1-2H3. The molecule has 1 aromatic heterocycles. The van der Waals surface area contributed by atoms with Gasteiger partial charge in [0.2, 0.25) is 5.95 Å². The van der Waals surface area contributed by atoms with Crippen LogP contribution in [0.3, 0.4) is 0 Å². The van der Waals surface area contributed by atoms with Gasteiger partial charge in [0.1, 0.15) is 11.9 Å². The molecule has 0 aliphatic carbocycles. The zero-order valence-corrected chi connectivity index (χ0v) is 21.4. The number of hydrazine groups is 1. The first kappa shape index (κ1) is 26.3. The Morgan fingerprint density at radius 1 is 1.06 bits per heavy atom. The van der Waals surface area contributed by atoms with E-state index in [1.807, 2.05) is 23.5 Å². The summed E-state index contributed by atoms with van der Waals surface area (Å²) in [5, 5.41) is 21.9. The summed E-state index contributed by atoms with van der Waals surface area (Å²) in [5.74, 6) is 7.87. The molecular formula is C27H38N6O3. The molecule has 2 saturated heterocycles. The first-order valence-electron chi connectivity index (χ1n) is 12.9. The molecule has 0 unspecified atom stereocenters. The molecule has 9 nitrogen and oxygen atoms in total. The third-order valence-corrected chi connectivity index (χ3v) is 6.79. The third kappa shape index (κ3) is 7.15. The highest BCUT2D eigenvalue weighted by Crippen LogP contribution is 2.26. The average molecular weight is 495 g/mol. The smallest absolute Gasteiger partial charge is 0.225 e. The van der Waals surface area contributed by atoms with Gasteiger partial charge in [-0.15, -0.1) is 5.17 Å². The van der Waals surface area contributed by atoms with Crippen molar-refractivity contribution in [1.29, 1.82) is 0 Å². The topological polar surface area (TPSA) is 88.4 Å². The van der Waals surface area contributed by atoms with Gasteiger partial charge < -0.3 is 14.7 Å². The summed E-state index contributed by atoms with van der Waals surface area (Å²) in [5.41, 5.74) is 3.20.